The van der Waals surface area contributed by atoms with Crippen molar-refractivity contribution in [2.75, 3.05) is 0 Å². The van der Waals surface area contributed by atoms with E-state index in [0.29, 0.717) is 21.9 Å². The van der Waals surface area contributed by atoms with Gasteiger partial charge in [0.25, 0.3) is 5.69 Å². The molecule has 4 rings (SSSR count). The van der Waals surface area contributed by atoms with Gasteiger partial charge in [-0.1, -0.05) is 29.8 Å². The van der Waals surface area contributed by atoms with E-state index in [0.717, 1.165) is 0 Å². The first-order chi connectivity index (χ1) is 16.1. The number of phenols is 1. The van der Waals surface area contributed by atoms with Crippen LogP contribution in [0.3, 0.4) is 0 Å². The Balaban J connectivity index is 1.54. The van der Waals surface area contributed by atoms with E-state index in [1.165, 1.54) is 48.5 Å². The maximum absolute atomic E-state index is 13.7. The zero-order valence-corrected chi connectivity index (χ0v) is 18.2. The SMILES string of the molecule is O=[N+]([O-])c1ccc(COc2ccc(C3NNC(C(F)(F)F)C3c3ccc(Cl)cc3)c(O)c2)cc1. The Hall–Kier alpha value is -3.34. The number of hydrogen-bond donors (Lipinski definition) is 3. The molecule has 11 heteroatoms. The molecule has 1 aliphatic rings. The van der Waals surface area contributed by atoms with Crippen molar-refractivity contribution in [1.29, 1.82) is 0 Å². The van der Waals surface area contributed by atoms with Gasteiger partial charge in [-0.3, -0.25) is 10.1 Å². The molecule has 1 fully saturated rings. The molecule has 0 saturated carbocycles. The summed E-state index contributed by atoms with van der Waals surface area (Å²) in [6, 6.07) is 13.5. The molecule has 1 heterocycles. The largest absolute Gasteiger partial charge is 0.507 e. The number of halogens is 4. The van der Waals surface area contributed by atoms with Crippen molar-refractivity contribution in [3.8, 4) is 11.5 Å². The lowest BCUT2D eigenvalue weighted by molar-refractivity contribution is -0.384. The molecule has 7 nitrogen and oxygen atoms in total. The van der Waals surface area contributed by atoms with Crippen molar-refractivity contribution in [2.45, 2.75) is 30.8 Å². The van der Waals surface area contributed by atoms with E-state index >= 15 is 0 Å². The van der Waals surface area contributed by atoms with Crippen molar-refractivity contribution in [2.24, 2.45) is 0 Å². The monoisotopic (exact) mass is 493 g/mol. The first kappa shape index (κ1) is 23.8. The van der Waals surface area contributed by atoms with Crippen LogP contribution in [0.5, 0.6) is 11.5 Å². The Morgan fingerprint density at radius 1 is 1.03 bits per heavy atom. The van der Waals surface area contributed by atoms with Gasteiger partial charge in [-0.15, -0.1) is 0 Å². The summed E-state index contributed by atoms with van der Waals surface area (Å²) < 4.78 is 46.8. The maximum atomic E-state index is 13.7. The van der Waals surface area contributed by atoms with E-state index in [4.69, 9.17) is 16.3 Å². The number of nitro groups is 1. The lowest BCUT2D eigenvalue weighted by atomic mass is 9.83. The van der Waals surface area contributed by atoms with Crippen molar-refractivity contribution in [3.05, 3.63) is 98.6 Å². The Morgan fingerprint density at radius 2 is 1.71 bits per heavy atom. The number of aromatic hydroxyl groups is 1. The van der Waals surface area contributed by atoms with E-state index < -0.39 is 29.1 Å². The van der Waals surface area contributed by atoms with Gasteiger partial charge in [0.05, 0.1) is 11.0 Å². The summed E-state index contributed by atoms with van der Waals surface area (Å²) in [6.07, 6.45) is -4.53. The molecule has 178 valence electrons. The van der Waals surface area contributed by atoms with Crippen molar-refractivity contribution in [1.82, 2.24) is 10.9 Å². The molecule has 0 amide bonds. The van der Waals surface area contributed by atoms with Crippen LogP contribution in [-0.4, -0.2) is 22.2 Å². The van der Waals surface area contributed by atoms with Gasteiger partial charge in [0.15, 0.2) is 0 Å². The molecule has 1 saturated heterocycles. The Morgan fingerprint density at radius 3 is 2.29 bits per heavy atom. The number of nitrogens with one attached hydrogen (secondary N) is 2. The van der Waals surface area contributed by atoms with Crippen molar-refractivity contribution in [3.63, 3.8) is 0 Å². The predicted octanol–water partition coefficient (Wildman–Crippen LogP) is 5.40. The molecular formula is C23H19ClF3N3O4. The summed E-state index contributed by atoms with van der Waals surface area (Å²) in [7, 11) is 0. The van der Waals surface area contributed by atoms with E-state index in [2.05, 4.69) is 10.9 Å². The van der Waals surface area contributed by atoms with Crippen LogP contribution in [0.15, 0.2) is 66.7 Å². The molecule has 1 aliphatic heterocycles. The highest BCUT2D eigenvalue weighted by Gasteiger charge is 2.52. The standard InChI is InChI=1S/C23H19ClF3N3O4/c24-15-5-3-14(4-6-15)20-21(28-29-22(20)23(25,26)27)18-10-9-17(11-19(18)31)34-12-13-1-7-16(8-2-13)30(32)33/h1-11,20-22,28-29,31H,12H2. The average Bonchev–Trinajstić information content (AvgIpc) is 3.24. The van der Waals surface area contributed by atoms with Gasteiger partial charge in [-0.05, 0) is 41.5 Å². The van der Waals surface area contributed by atoms with Crippen LogP contribution in [0, 0.1) is 10.1 Å². The van der Waals surface area contributed by atoms with Gasteiger partial charge < -0.3 is 9.84 Å². The molecule has 3 atom stereocenters. The predicted molar refractivity (Wildman–Crippen MR) is 119 cm³/mol. The molecule has 0 bridgehead atoms. The highest BCUT2D eigenvalue weighted by Crippen LogP contribution is 2.45. The third-order valence-electron chi connectivity index (χ3n) is 5.61. The summed E-state index contributed by atoms with van der Waals surface area (Å²) in [6.45, 7) is 0.0869. The fourth-order valence-electron chi connectivity index (χ4n) is 3.93. The lowest BCUT2D eigenvalue weighted by Gasteiger charge is -2.26. The average molecular weight is 494 g/mol. The molecule has 0 aromatic heterocycles. The van der Waals surface area contributed by atoms with Gasteiger partial charge in [-0.25, -0.2) is 10.9 Å². The minimum absolute atomic E-state index is 0.0455. The minimum Gasteiger partial charge on any atom is -0.507 e. The first-order valence-electron chi connectivity index (χ1n) is 10.2. The second kappa shape index (κ2) is 9.49. The second-order valence-corrected chi connectivity index (χ2v) is 8.23. The third-order valence-corrected chi connectivity index (χ3v) is 5.86. The fraction of sp³-hybridized carbons (Fsp3) is 0.217. The zero-order chi connectivity index (χ0) is 24.5. The molecule has 3 N–H and O–H groups in total. The van der Waals surface area contributed by atoms with Crippen LogP contribution in [0.4, 0.5) is 18.9 Å². The van der Waals surface area contributed by atoms with Gasteiger partial charge in [0, 0.05) is 34.7 Å². The first-order valence-corrected chi connectivity index (χ1v) is 10.5. The van der Waals surface area contributed by atoms with Gasteiger partial charge in [0.1, 0.15) is 24.1 Å². The molecule has 0 aliphatic carbocycles. The van der Waals surface area contributed by atoms with Crippen LogP contribution in [0.2, 0.25) is 5.02 Å². The summed E-state index contributed by atoms with van der Waals surface area (Å²) in [5.74, 6) is -1.00. The summed E-state index contributed by atoms with van der Waals surface area (Å²) >= 11 is 5.90. The number of nitrogens with zero attached hydrogens (tertiary/aromatic N) is 1. The highest BCUT2D eigenvalue weighted by molar-refractivity contribution is 6.30. The number of rotatable bonds is 6. The van der Waals surface area contributed by atoms with Crippen LogP contribution < -0.4 is 15.6 Å². The number of hydrazine groups is 1. The number of benzene rings is 3. The van der Waals surface area contributed by atoms with Crippen molar-refractivity contribution >= 4 is 17.3 Å². The number of hydrogen-bond acceptors (Lipinski definition) is 6. The number of alkyl halides is 3. The number of phenolic OH excluding ortho intramolecular Hbond substituents is 1. The Kier molecular flexibility index (Phi) is 6.65. The molecule has 34 heavy (non-hydrogen) atoms. The highest BCUT2D eigenvalue weighted by atomic mass is 35.5. The van der Waals surface area contributed by atoms with E-state index in [1.807, 2.05) is 0 Å². The Labute approximate surface area is 197 Å². The molecule has 0 spiro atoms. The molecular weight excluding hydrogens is 475 g/mol. The summed E-state index contributed by atoms with van der Waals surface area (Å²) in [4.78, 5) is 10.2. The number of non-ortho nitro benzene ring substituents is 1. The van der Waals surface area contributed by atoms with Crippen LogP contribution >= 0.6 is 11.6 Å². The molecule has 0 radical (unpaired) electrons. The van der Waals surface area contributed by atoms with Crippen molar-refractivity contribution < 1.29 is 27.9 Å². The van der Waals surface area contributed by atoms with E-state index in [-0.39, 0.29) is 23.6 Å². The summed E-state index contributed by atoms with van der Waals surface area (Å²) in [5.41, 5.74) is 6.28. The van der Waals surface area contributed by atoms with E-state index in [1.54, 1.807) is 18.2 Å². The molecule has 3 aromatic rings. The zero-order valence-electron chi connectivity index (χ0n) is 17.4. The summed E-state index contributed by atoms with van der Waals surface area (Å²) in [5, 5.41) is 21.8. The Bertz CT molecular complexity index is 1170. The maximum Gasteiger partial charge on any atom is 0.405 e. The quantitative estimate of drug-likeness (QED) is 0.314. The van der Waals surface area contributed by atoms with Crippen LogP contribution in [0.1, 0.15) is 28.7 Å². The van der Waals surface area contributed by atoms with Gasteiger partial charge >= 0.3 is 6.18 Å². The van der Waals surface area contributed by atoms with Gasteiger partial charge in [0.2, 0.25) is 0 Å². The van der Waals surface area contributed by atoms with Crippen LogP contribution in [-0.2, 0) is 6.61 Å². The fourth-order valence-corrected chi connectivity index (χ4v) is 4.06. The smallest absolute Gasteiger partial charge is 0.405 e. The van der Waals surface area contributed by atoms with E-state index in [9.17, 15) is 28.4 Å². The second-order valence-electron chi connectivity index (χ2n) is 7.80. The third kappa shape index (κ3) is 5.09. The topological polar surface area (TPSA) is 96.7 Å². The number of ether oxygens (including phenoxy) is 1. The number of nitro benzene ring substituents is 1. The molecule has 3 unspecified atom stereocenters. The lowest BCUT2D eigenvalue weighted by Crippen LogP contribution is -2.43. The van der Waals surface area contributed by atoms with Crippen LogP contribution in [0.25, 0.3) is 0 Å². The minimum atomic E-state index is -4.53. The normalized spacial score (nSPS) is 20.3. The van der Waals surface area contributed by atoms with Gasteiger partial charge in [-0.2, -0.15) is 13.2 Å². The molecule has 3 aromatic carbocycles.